The number of nitrogens with zero attached hydrogens (tertiary/aromatic N) is 1. The molecule has 0 radical (unpaired) electrons. The normalized spacial score (nSPS) is 15.7. The van der Waals surface area contributed by atoms with Crippen LogP contribution in [0.5, 0.6) is 0 Å². The number of benzene rings is 1. The number of fused-ring (bicyclic) bond motifs is 1. The van der Waals surface area contributed by atoms with E-state index in [0.29, 0.717) is 11.1 Å². The molecule has 0 atom stereocenters. The van der Waals surface area contributed by atoms with E-state index in [-0.39, 0.29) is 11.3 Å². The minimum absolute atomic E-state index is 0.0671. The fourth-order valence-electron chi connectivity index (χ4n) is 2.58. The summed E-state index contributed by atoms with van der Waals surface area (Å²) in [5, 5.41) is 0.623. The van der Waals surface area contributed by atoms with Crippen molar-refractivity contribution in [3.63, 3.8) is 0 Å². The molecular formula is C15H16N2O2. The molecule has 4 nitrogen and oxygen atoms in total. The Balaban J connectivity index is 2.00. The van der Waals surface area contributed by atoms with Crippen LogP contribution in [-0.4, -0.2) is 28.9 Å². The van der Waals surface area contributed by atoms with E-state index in [2.05, 4.69) is 4.98 Å². The molecule has 2 aromatic rings. The van der Waals surface area contributed by atoms with E-state index in [4.69, 9.17) is 0 Å². The first-order valence-electron chi connectivity index (χ1n) is 6.67. The van der Waals surface area contributed by atoms with Crippen molar-refractivity contribution in [3.05, 3.63) is 46.2 Å². The number of carbonyl (C=O) groups excluding carboxylic acids is 1. The zero-order chi connectivity index (χ0) is 13.2. The Kier molecular flexibility index (Phi) is 3.07. The number of hydrogen-bond donors (Lipinski definition) is 1. The van der Waals surface area contributed by atoms with Crippen LogP contribution in [0.25, 0.3) is 10.9 Å². The zero-order valence-electron chi connectivity index (χ0n) is 10.7. The minimum atomic E-state index is -0.102. The second-order valence-electron chi connectivity index (χ2n) is 4.95. The first-order valence-corrected chi connectivity index (χ1v) is 6.67. The summed E-state index contributed by atoms with van der Waals surface area (Å²) in [7, 11) is 0. The Morgan fingerprint density at radius 1 is 1.11 bits per heavy atom. The molecule has 0 unspecified atom stereocenters. The summed E-state index contributed by atoms with van der Waals surface area (Å²) in [6, 6.07) is 8.68. The fraction of sp³-hybridized carbons (Fsp3) is 0.333. The van der Waals surface area contributed by atoms with E-state index in [1.54, 1.807) is 6.07 Å². The molecular weight excluding hydrogens is 240 g/mol. The van der Waals surface area contributed by atoms with Gasteiger partial charge < -0.3 is 9.88 Å². The van der Waals surface area contributed by atoms with E-state index in [9.17, 15) is 9.59 Å². The minimum Gasteiger partial charge on any atom is -0.350 e. The predicted molar refractivity (Wildman–Crippen MR) is 74.3 cm³/mol. The largest absolute Gasteiger partial charge is 0.350 e. The van der Waals surface area contributed by atoms with Crippen molar-refractivity contribution in [2.75, 3.05) is 13.1 Å². The van der Waals surface area contributed by atoms with Crippen LogP contribution in [0.2, 0.25) is 0 Å². The highest BCUT2D eigenvalue weighted by Crippen LogP contribution is 2.13. The highest BCUT2D eigenvalue weighted by molar-refractivity contribution is 5.94. The summed E-state index contributed by atoms with van der Waals surface area (Å²) in [5.41, 5.74) is 1.01. The second-order valence-corrected chi connectivity index (χ2v) is 4.95. The van der Waals surface area contributed by atoms with E-state index in [0.717, 1.165) is 31.4 Å². The molecule has 1 aromatic carbocycles. The Bertz CT molecular complexity index is 669. The number of hydrogen-bond acceptors (Lipinski definition) is 2. The van der Waals surface area contributed by atoms with Gasteiger partial charge in [-0.15, -0.1) is 0 Å². The van der Waals surface area contributed by atoms with Gasteiger partial charge in [0.2, 0.25) is 0 Å². The molecule has 1 aliphatic heterocycles. The van der Waals surface area contributed by atoms with Gasteiger partial charge in [-0.3, -0.25) is 9.59 Å². The van der Waals surface area contributed by atoms with Gasteiger partial charge in [0.1, 0.15) is 5.69 Å². The third-order valence-corrected chi connectivity index (χ3v) is 3.61. The van der Waals surface area contributed by atoms with Crippen molar-refractivity contribution in [1.82, 2.24) is 9.88 Å². The summed E-state index contributed by atoms with van der Waals surface area (Å²) in [5.74, 6) is -0.0671. The zero-order valence-corrected chi connectivity index (χ0v) is 10.7. The topological polar surface area (TPSA) is 53.2 Å². The van der Waals surface area contributed by atoms with Crippen LogP contribution >= 0.6 is 0 Å². The molecule has 1 saturated heterocycles. The number of H-pyrrole nitrogens is 1. The number of amides is 1. The lowest BCUT2D eigenvalue weighted by Crippen LogP contribution is -2.36. The Labute approximate surface area is 111 Å². The van der Waals surface area contributed by atoms with Gasteiger partial charge in [-0.2, -0.15) is 0 Å². The summed E-state index contributed by atoms with van der Waals surface area (Å²) in [6.07, 6.45) is 3.27. The van der Waals surface area contributed by atoms with Gasteiger partial charge in [0.25, 0.3) is 5.91 Å². The van der Waals surface area contributed by atoms with Crippen molar-refractivity contribution >= 4 is 16.8 Å². The second kappa shape index (κ2) is 4.88. The van der Waals surface area contributed by atoms with E-state index in [1.165, 1.54) is 12.5 Å². The molecule has 1 N–H and O–H groups in total. The van der Waals surface area contributed by atoms with Crippen LogP contribution in [0.4, 0.5) is 0 Å². The third kappa shape index (κ3) is 2.26. The van der Waals surface area contributed by atoms with Gasteiger partial charge in [0.15, 0.2) is 5.43 Å². The van der Waals surface area contributed by atoms with E-state index < -0.39 is 0 Å². The maximum Gasteiger partial charge on any atom is 0.270 e. The third-order valence-electron chi connectivity index (χ3n) is 3.61. The van der Waals surface area contributed by atoms with Crippen LogP contribution in [0.3, 0.4) is 0 Å². The van der Waals surface area contributed by atoms with Gasteiger partial charge in [-0.25, -0.2) is 0 Å². The number of carbonyl (C=O) groups is 1. The number of nitrogens with one attached hydrogen (secondary N) is 1. The lowest BCUT2D eigenvalue weighted by Gasteiger charge is -2.26. The summed E-state index contributed by atoms with van der Waals surface area (Å²) in [6.45, 7) is 1.57. The molecule has 2 heterocycles. The Morgan fingerprint density at radius 2 is 1.84 bits per heavy atom. The molecule has 1 aromatic heterocycles. The van der Waals surface area contributed by atoms with E-state index in [1.807, 2.05) is 23.1 Å². The number of aromatic nitrogens is 1. The van der Waals surface area contributed by atoms with E-state index >= 15 is 0 Å². The van der Waals surface area contributed by atoms with Crippen LogP contribution < -0.4 is 5.43 Å². The van der Waals surface area contributed by atoms with Crippen molar-refractivity contribution in [3.8, 4) is 0 Å². The van der Waals surface area contributed by atoms with Gasteiger partial charge in [0.05, 0.1) is 0 Å². The fourth-order valence-corrected chi connectivity index (χ4v) is 2.58. The van der Waals surface area contributed by atoms with Crippen molar-refractivity contribution < 1.29 is 4.79 Å². The predicted octanol–water partition coefficient (Wildman–Crippen LogP) is 2.15. The highest BCUT2D eigenvalue weighted by Gasteiger charge is 2.19. The van der Waals surface area contributed by atoms with Crippen LogP contribution in [-0.2, 0) is 0 Å². The lowest BCUT2D eigenvalue weighted by atomic mass is 10.1. The smallest absolute Gasteiger partial charge is 0.270 e. The molecule has 1 amide bonds. The Hall–Kier alpha value is -2.10. The molecule has 1 fully saturated rings. The number of para-hydroxylation sites is 1. The molecule has 1 aliphatic rings. The highest BCUT2D eigenvalue weighted by atomic mass is 16.2. The molecule has 98 valence electrons. The SMILES string of the molecule is O=C(c1cc(=O)c2ccccc2[nH]1)N1CCCCC1. The first kappa shape index (κ1) is 12.0. The van der Waals surface area contributed by atoms with Crippen LogP contribution in [0.15, 0.2) is 35.1 Å². The number of pyridine rings is 1. The average Bonchev–Trinajstić information content (AvgIpc) is 2.47. The van der Waals surface area contributed by atoms with Gasteiger partial charge in [0, 0.05) is 30.1 Å². The van der Waals surface area contributed by atoms with Crippen LogP contribution in [0.1, 0.15) is 29.8 Å². The van der Waals surface area contributed by atoms with Crippen molar-refractivity contribution in [2.24, 2.45) is 0 Å². The quantitative estimate of drug-likeness (QED) is 0.850. The van der Waals surface area contributed by atoms with Gasteiger partial charge in [-0.05, 0) is 31.4 Å². The molecule has 3 rings (SSSR count). The number of likely N-dealkylation sites (tertiary alicyclic amines) is 1. The van der Waals surface area contributed by atoms with Crippen molar-refractivity contribution in [1.29, 1.82) is 0 Å². The maximum absolute atomic E-state index is 12.4. The number of piperidine rings is 1. The summed E-state index contributed by atoms with van der Waals surface area (Å²) < 4.78 is 0. The lowest BCUT2D eigenvalue weighted by molar-refractivity contribution is 0.0718. The maximum atomic E-state index is 12.4. The molecule has 0 aliphatic carbocycles. The average molecular weight is 256 g/mol. The molecule has 0 bridgehead atoms. The molecule has 19 heavy (non-hydrogen) atoms. The number of rotatable bonds is 1. The first-order chi connectivity index (χ1) is 9.25. The molecule has 0 saturated carbocycles. The molecule has 0 spiro atoms. The van der Waals surface area contributed by atoms with Crippen LogP contribution in [0, 0.1) is 0 Å². The summed E-state index contributed by atoms with van der Waals surface area (Å²) >= 11 is 0. The van der Waals surface area contributed by atoms with Gasteiger partial charge in [-0.1, -0.05) is 12.1 Å². The molecule has 4 heteroatoms. The summed E-state index contributed by atoms with van der Waals surface area (Å²) in [4.78, 5) is 29.2. The van der Waals surface area contributed by atoms with Gasteiger partial charge >= 0.3 is 0 Å². The Morgan fingerprint density at radius 3 is 2.63 bits per heavy atom. The number of aromatic amines is 1. The standard InChI is InChI=1S/C15H16N2O2/c18-14-10-13(15(19)17-8-4-1-5-9-17)16-12-7-3-2-6-11(12)14/h2-3,6-7,10H,1,4-5,8-9H2,(H,16,18). The monoisotopic (exact) mass is 256 g/mol. The van der Waals surface area contributed by atoms with Crippen molar-refractivity contribution in [2.45, 2.75) is 19.3 Å².